The Morgan fingerprint density at radius 3 is 2.82 bits per heavy atom. The topological polar surface area (TPSA) is 91.8 Å². The SMILES string of the molecule is CCC(C)Nc1nncc(Nc2cccc(NC(C)=O)c2)n1. The van der Waals surface area contributed by atoms with Crippen molar-refractivity contribution >= 4 is 29.0 Å². The Morgan fingerprint density at radius 2 is 2.09 bits per heavy atom. The van der Waals surface area contributed by atoms with Gasteiger partial charge in [-0.3, -0.25) is 4.79 Å². The second kappa shape index (κ2) is 7.35. The molecule has 116 valence electrons. The summed E-state index contributed by atoms with van der Waals surface area (Å²) >= 11 is 0. The molecule has 0 aliphatic carbocycles. The number of benzene rings is 1. The van der Waals surface area contributed by atoms with Crippen molar-refractivity contribution in [1.82, 2.24) is 15.2 Å². The Bertz CT molecular complexity index is 645. The summed E-state index contributed by atoms with van der Waals surface area (Å²) in [5, 5.41) is 16.9. The van der Waals surface area contributed by atoms with Gasteiger partial charge in [-0.15, -0.1) is 5.10 Å². The number of aromatic nitrogens is 3. The highest BCUT2D eigenvalue weighted by Gasteiger charge is 2.05. The van der Waals surface area contributed by atoms with Crippen LogP contribution in [0.15, 0.2) is 30.5 Å². The maximum absolute atomic E-state index is 11.1. The van der Waals surface area contributed by atoms with Crippen LogP contribution in [-0.2, 0) is 4.79 Å². The van der Waals surface area contributed by atoms with Gasteiger partial charge in [-0.05, 0) is 31.5 Å². The quantitative estimate of drug-likeness (QED) is 0.759. The number of hydrogen-bond acceptors (Lipinski definition) is 6. The number of amides is 1. The lowest BCUT2D eigenvalue weighted by Crippen LogP contribution is -2.16. The van der Waals surface area contributed by atoms with Gasteiger partial charge in [0, 0.05) is 24.3 Å². The molecule has 0 bridgehead atoms. The van der Waals surface area contributed by atoms with Crippen molar-refractivity contribution in [2.45, 2.75) is 33.2 Å². The minimum atomic E-state index is -0.110. The summed E-state index contributed by atoms with van der Waals surface area (Å²) in [5.41, 5.74) is 1.53. The van der Waals surface area contributed by atoms with E-state index in [9.17, 15) is 4.79 Å². The van der Waals surface area contributed by atoms with Crippen molar-refractivity contribution in [3.8, 4) is 0 Å². The standard InChI is InChI=1S/C15H20N6O/c1-4-10(2)17-15-20-14(9-16-21-15)19-13-7-5-6-12(8-13)18-11(3)22/h5-10H,4H2,1-3H3,(H,18,22)(H2,17,19,20,21). The molecule has 0 radical (unpaired) electrons. The third-order valence-electron chi connectivity index (χ3n) is 3.00. The minimum Gasteiger partial charge on any atom is -0.350 e. The summed E-state index contributed by atoms with van der Waals surface area (Å²) in [6.45, 7) is 5.61. The van der Waals surface area contributed by atoms with E-state index in [1.165, 1.54) is 6.92 Å². The van der Waals surface area contributed by atoms with Gasteiger partial charge in [-0.25, -0.2) is 0 Å². The molecule has 1 amide bonds. The first-order chi connectivity index (χ1) is 10.6. The molecule has 1 aromatic carbocycles. The predicted molar refractivity (Wildman–Crippen MR) is 87.2 cm³/mol. The van der Waals surface area contributed by atoms with Crippen LogP contribution in [0.4, 0.5) is 23.1 Å². The van der Waals surface area contributed by atoms with Gasteiger partial charge in [-0.1, -0.05) is 13.0 Å². The normalized spacial score (nSPS) is 11.6. The lowest BCUT2D eigenvalue weighted by atomic mass is 10.2. The van der Waals surface area contributed by atoms with Crippen LogP contribution >= 0.6 is 0 Å². The van der Waals surface area contributed by atoms with Crippen LogP contribution in [-0.4, -0.2) is 27.1 Å². The van der Waals surface area contributed by atoms with Crippen molar-refractivity contribution in [2.24, 2.45) is 0 Å². The molecule has 0 saturated heterocycles. The Balaban J connectivity index is 2.10. The highest BCUT2D eigenvalue weighted by molar-refractivity contribution is 5.89. The Kier molecular flexibility index (Phi) is 5.24. The number of carbonyl (C=O) groups is 1. The molecule has 1 atom stereocenters. The van der Waals surface area contributed by atoms with Crippen molar-refractivity contribution in [3.63, 3.8) is 0 Å². The monoisotopic (exact) mass is 300 g/mol. The maximum Gasteiger partial charge on any atom is 0.244 e. The first-order valence-electron chi connectivity index (χ1n) is 7.17. The predicted octanol–water partition coefficient (Wildman–Crippen LogP) is 2.78. The van der Waals surface area contributed by atoms with Crippen LogP contribution in [0.3, 0.4) is 0 Å². The van der Waals surface area contributed by atoms with E-state index in [1.807, 2.05) is 24.3 Å². The van der Waals surface area contributed by atoms with Gasteiger partial charge >= 0.3 is 0 Å². The first kappa shape index (κ1) is 15.7. The van der Waals surface area contributed by atoms with E-state index in [2.05, 4.69) is 45.0 Å². The van der Waals surface area contributed by atoms with Crippen LogP contribution in [0.5, 0.6) is 0 Å². The second-order valence-electron chi connectivity index (χ2n) is 5.01. The van der Waals surface area contributed by atoms with Gasteiger partial charge < -0.3 is 16.0 Å². The molecule has 0 spiro atoms. The maximum atomic E-state index is 11.1. The molecule has 0 saturated carbocycles. The van der Waals surface area contributed by atoms with Gasteiger partial charge in [0.2, 0.25) is 11.9 Å². The highest BCUT2D eigenvalue weighted by atomic mass is 16.1. The van der Waals surface area contributed by atoms with E-state index < -0.39 is 0 Å². The molecule has 0 fully saturated rings. The molecule has 1 heterocycles. The second-order valence-corrected chi connectivity index (χ2v) is 5.01. The minimum absolute atomic E-state index is 0.110. The fourth-order valence-electron chi connectivity index (χ4n) is 1.77. The number of nitrogens with zero attached hydrogens (tertiary/aromatic N) is 3. The highest BCUT2D eigenvalue weighted by Crippen LogP contribution is 2.19. The van der Waals surface area contributed by atoms with E-state index in [0.717, 1.165) is 17.8 Å². The Hall–Kier alpha value is -2.70. The van der Waals surface area contributed by atoms with Crippen LogP contribution in [0, 0.1) is 0 Å². The number of rotatable bonds is 6. The molecule has 22 heavy (non-hydrogen) atoms. The van der Waals surface area contributed by atoms with Gasteiger partial charge in [-0.2, -0.15) is 10.1 Å². The largest absolute Gasteiger partial charge is 0.350 e. The van der Waals surface area contributed by atoms with Crippen molar-refractivity contribution in [2.75, 3.05) is 16.0 Å². The molecule has 1 aromatic heterocycles. The van der Waals surface area contributed by atoms with E-state index in [0.29, 0.717) is 11.8 Å². The lowest BCUT2D eigenvalue weighted by molar-refractivity contribution is -0.114. The Labute approximate surface area is 129 Å². The Morgan fingerprint density at radius 1 is 1.32 bits per heavy atom. The van der Waals surface area contributed by atoms with Crippen LogP contribution in [0.2, 0.25) is 0 Å². The summed E-state index contributed by atoms with van der Waals surface area (Å²) in [6.07, 6.45) is 2.52. The van der Waals surface area contributed by atoms with E-state index in [4.69, 9.17) is 0 Å². The summed E-state index contributed by atoms with van der Waals surface area (Å²) in [7, 11) is 0. The van der Waals surface area contributed by atoms with Crippen LogP contribution in [0.1, 0.15) is 27.2 Å². The average molecular weight is 300 g/mol. The molecular weight excluding hydrogens is 280 g/mol. The molecule has 3 N–H and O–H groups in total. The third kappa shape index (κ3) is 4.69. The van der Waals surface area contributed by atoms with Crippen molar-refractivity contribution in [3.05, 3.63) is 30.5 Å². The molecular formula is C15H20N6O. The number of carbonyl (C=O) groups excluding carboxylic acids is 1. The summed E-state index contributed by atoms with van der Waals surface area (Å²) < 4.78 is 0. The molecule has 7 heteroatoms. The number of anilines is 4. The van der Waals surface area contributed by atoms with Crippen LogP contribution in [0.25, 0.3) is 0 Å². The molecule has 7 nitrogen and oxygen atoms in total. The summed E-state index contributed by atoms with van der Waals surface area (Å²) in [6, 6.07) is 7.65. The molecule has 2 rings (SSSR count). The van der Waals surface area contributed by atoms with Crippen molar-refractivity contribution in [1.29, 1.82) is 0 Å². The van der Waals surface area contributed by atoms with Gasteiger partial charge in [0.05, 0.1) is 6.20 Å². The van der Waals surface area contributed by atoms with Crippen molar-refractivity contribution < 1.29 is 4.79 Å². The molecule has 2 aromatic rings. The zero-order valence-electron chi connectivity index (χ0n) is 12.9. The molecule has 1 unspecified atom stereocenters. The molecule has 0 aliphatic heterocycles. The van der Waals surface area contributed by atoms with E-state index in [-0.39, 0.29) is 11.9 Å². The lowest BCUT2D eigenvalue weighted by Gasteiger charge is -2.12. The zero-order chi connectivity index (χ0) is 15.9. The zero-order valence-corrected chi connectivity index (χ0v) is 12.9. The van der Waals surface area contributed by atoms with E-state index in [1.54, 1.807) is 6.20 Å². The third-order valence-corrected chi connectivity index (χ3v) is 3.00. The van der Waals surface area contributed by atoms with Gasteiger partial charge in [0.1, 0.15) is 0 Å². The summed E-state index contributed by atoms with van der Waals surface area (Å²) in [5.74, 6) is 0.957. The average Bonchev–Trinajstić information content (AvgIpc) is 2.47. The fourth-order valence-corrected chi connectivity index (χ4v) is 1.77. The smallest absolute Gasteiger partial charge is 0.244 e. The number of nitrogens with one attached hydrogen (secondary N) is 3. The summed E-state index contributed by atoms with van der Waals surface area (Å²) in [4.78, 5) is 15.5. The first-order valence-corrected chi connectivity index (χ1v) is 7.17. The van der Waals surface area contributed by atoms with Crippen LogP contribution < -0.4 is 16.0 Å². The molecule has 0 aliphatic rings. The van der Waals surface area contributed by atoms with E-state index >= 15 is 0 Å². The van der Waals surface area contributed by atoms with Gasteiger partial charge in [0.25, 0.3) is 0 Å². The number of hydrogen-bond donors (Lipinski definition) is 3. The fraction of sp³-hybridized carbons (Fsp3) is 0.333. The van der Waals surface area contributed by atoms with Gasteiger partial charge in [0.15, 0.2) is 5.82 Å².